The summed E-state index contributed by atoms with van der Waals surface area (Å²) in [5, 5.41) is 0. The maximum Gasteiger partial charge on any atom is 0.212 e. The van der Waals surface area contributed by atoms with Crippen molar-refractivity contribution >= 4 is 114 Å². The van der Waals surface area contributed by atoms with Crippen LogP contribution in [0.25, 0.3) is 24.2 Å². The van der Waals surface area contributed by atoms with E-state index >= 15 is 0 Å². The van der Waals surface area contributed by atoms with Crippen molar-refractivity contribution < 1.29 is 0 Å². The van der Waals surface area contributed by atoms with Crippen LogP contribution >= 0.6 is 0 Å². The molecule has 0 saturated heterocycles. The Balaban J connectivity index is 0.000000134. The molecule has 10 aromatic rings. The van der Waals surface area contributed by atoms with Gasteiger partial charge in [-0.25, -0.2) is 24.2 Å². The third-order valence-electron chi connectivity index (χ3n) is 22.6. The molecule has 0 unspecified atom stereocenters. The van der Waals surface area contributed by atoms with Gasteiger partial charge in [-0.05, 0) is 234 Å². The van der Waals surface area contributed by atoms with Gasteiger partial charge < -0.3 is 49.0 Å². The van der Waals surface area contributed by atoms with Crippen molar-refractivity contribution in [3.63, 3.8) is 0 Å². The van der Waals surface area contributed by atoms with Gasteiger partial charge in [0.2, 0.25) is 28.4 Å². The van der Waals surface area contributed by atoms with Crippen molar-refractivity contribution in [1.29, 1.82) is 0 Å². The lowest BCUT2D eigenvalue weighted by Crippen LogP contribution is -2.36. The second-order valence-electron chi connectivity index (χ2n) is 29.6. The first kappa shape index (κ1) is 76.8. The Morgan fingerprint density at radius 1 is 0.222 bits per heavy atom. The summed E-state index contributed by atoms with van der Waals surface area (Å²) < 4.78 is 0. The molecule has 15 rings (SSSR count). The zero-order valence-corrected chi connectivity index (χ0v) is 67.2. The van der Waals surface area contributed by atoms with Crippen LogP contribution in [-0.2, 0) is 0 Å². The average molecular weight is 1430 g/mol. The molecule has 0 amide bonds. The Morgan fingerprint density at radius 2 is 0.500 bits per heavy atom. The highest BCUT2D eigenvalue weighted by Gasteiger charge is 2.40. The third kappa shape index (κ3) is 13.7. The monoisotopic (exact) mass is 1430 g/mol. The van der Waals surface area contributed by atoms with Crippen LogP contribution in [0, 0.1) is 123 Å². The van der Waals surface area contributed by atoms with E-state index in [9.17, 15) is 0 Å². The maximum absolute atomic E-state index is 7.52. The average Bonchev–Trinajstić information content (AvgIpc) is 1.62. The molecular formula is C93H101N15. The van der Waals surface area contributed by atoms with E-state index in [1.807, 2.05) is 60.7 Å². The molecule has 5 atom stereocenters. The fraction of sp³-hybridized carbons (Fsp3) is 0.301. The van der Waals surface area contributed by atoms with E-state index in [2.05, 4.69) is 336 Å². The standard InChI is InChI=1S/3C19H21N3.2C18H19N3/c1-12-10-14(3)18(11-13(12)2)22-15(4)21(6)17-9-7-8-16(20-5)19(17)22;1-12-10-13(2)14(3)18(11-12)22-15(4)21(6)17-9-7-8-16(20-5)19(17)22;1-12-10-13(2)18(14(3)11-12)22-15(4)21(6)17-9-7-8-16(20-5)19(17)22;1-12-8-6-9-13(2)17(12)21-14(3)20(5)16-11-7-10-15(19-4)18(16)21;1-12-9-10-16(13(2)11-12)21-14(3)20(5)17-8-6-7-15(19-4)18(17)21/h3*7-11,15H,1-4,6H3;2*6-11,14H,1-3,5H3/t3*15-;2*14-/m00000/s1. The van der Waals surface area contributed by atoms with Crippen LogP contribution in [-0.4, -0.2) is 66.1 Å². The normalized spacial score (nSPS) is 16.7. The van der Waals surface area contributed by atoms with Gasteiger partial charge in [0.15, 0.2) is 0 Å². The van der Waals surface area contributed by atoms with Gasteiger partial charge in [0.1, 0.15) is 30.8 Å². The van der Waals surface area contributed by atoms with E-state index in [0.717, 1.165) is 56.9 Å². The minimum absolute atomic E-state index is 0.192. The van der Waals surface area contributed by atoms with Gasteiger partial charge in [-0.1, -0.05) is 126 Å². The Bertz CT molecular complexity index is 5340. The minimum atomic E-state index is 0.192. The van der Waals surface area contributed by atoms with Crippen molar-refractivity contribution in [1.82, 2.24) is 0 Å². The van der Waals surface area contributed by atoms with E-state index in [1.165, 1.54) is 101 Å². The van der Waals surface area contributed by atoms with E-state index in [4.69, 9.17) is 32.9 Å². The van der Waals surface area contributed by atoms with Crippen LogP contribution in [0.1, 0.15) is 107 Å². The number of benzene rings is 10. The number of nitrogens with zero attached hydrogens (tertiary/aromatic N) is 15. The molecule has 15 heteroatoms. The van der Waals surface area contributed by atoms with Gasteiger partial charge in [0.25, 0.3) is 0 Å². The van der Waals surface area contributed by atoms with Crippen LogP contribution < -0.4 is 49.0 Å². The molecule has 0 N–H and O–H groups in total. The highest BCUT2D eigenvalue weighted by molar-refractivity contribution is 5.98. The number of hydrogen-bond acceptors (Lipinski definition) is 10. The summed E-state index contributed by atoms with van der Waals surface area (Å²) >= 11 is 0. The van der Waals surface area contributed by atoms with Crippen molar-refractivity contribution in [2.75, 3.05) is 84.2 Å². The Morgan fingerprint density at radius 3 is 0.861 bits per heavy atom. The summed E-state index contributed by atoms with van der Waals surface area (Å²) in [6.07, 6.45) is 0.974. The number of rotatable bonds is 5. The van der Waals surface area contributed by atoms with Crippen LogP contribution in [0.15, 0.2) is 164 Å². The molecule has 15 nitrogen and oxygen atoms in total. The number of para-hydroxylation sites is 6. The zero-order chi connectivity index (χ0) is 78.3. The first-order valence-corrected chi connectivity index (χ1v) is 37.0. The molecule has 0 spiro atoms. The van der Waals surface area contributed by atoms with Crippen molar-refractivity contribution in [3.8, 4) is 0 Å². The summed E-state index contributed by atoms with van der Waals surface area (Å²) in [5.41, 5.74) is 36.7. The first-order chi connectivity index (χ1) is 51.5. The molecule has 108 heavy (non-hydrogen) atoms. The molecular weight excluding hydrogens is 1330 g/mol. The highest BCUT2D eigenvalue weighted by atomic mass is 15.4. The van der Waals surface area contributed by atoms with Crippen LogP contribution in [0.5, 0.6) is 0 Å². The molecule has 5 aliphatic rings. The molecule has 0 aliphatic carbocycles. The smallest absolute Gasteiger partial charge is 0.212 e. The SMILES string of the molecule is [C-]#[N+]c1cccc2c1N(c1c(C)cc(C)cc1C)[C@@H](C)N2C.[C-]#[N+]c1cccc2c1N(c1c(C)cccc1C)[C@@H](C)N2C.[C-]#[N+]c1cccc2c1N(c1cc(C)c(C)cc1C)[C@@H](C)N2C.[C-]#[N+]c1cccc2c1N(c1cc(C)cc(C)c1C)[C@@H](C)N2C.[C-]#[N+]c1cccc2c1N(c1ccc(C)cc1C)[C@@H](C)N2C. The maximum atomic E-state index is 7.52. The molecule has 0 radical (unpaired) electrons. The zero-order valence-electron chi connectivity index (χ0n) is 67.2. The number of aryl methyl sites for hydroxylation is 12. The largest absolute Gasteiger partial charge is 0.354 e. The van der Waals surface area contributed by atoms with Gasteiger partial charge in [-0.3, -0.25) is 0 Å². The van der Waals surface area contributed by atoms with Crippen LogP contribution in [0.3, 0.4) is 0 Å². The lowest BCUT2D eigenvalue weighted by atomic mass is 10.0. The van der Waals surface area contributed by atoms with E-state index in [-0.39, 0.29) is 30.8 Å². The molecule has 548 valence electrons. The Kier molecular flexibility index (Phi) is 22.0. The molecule has 0 bridgehead atoms. The number of anilines is 15. The molecule has 5 aliphatic heterocycles. The molecule has 0 aromatic heterocycles. The fourth-order valence-corrected chi connectivity index (χ4v) is 16.4. The summed E-state index contributed by atoms with van der Waals surface area (Å²) in [6, 6.07) is 56.0. The second kappa shape index (κ2) is 31.0. The van der Waals surface area contributed by atoms with Gasteiger partial charge in [-0.2, -0.15) is 0 Å². The Labute approximate surface area is 643 Å². The lowest BCUT2D eigenvalue weighted by molar-refractivity contribution is 0.731. The van der Waals surface area contributed by atoms with Crippen molar-refractivity contribution in [2.45, 2.75) is 155 Å². The van der Waals surface area contributed by atoms with E-state index in [1.54, 1.807) is 0 Å². The second-order valence-corrected chi connectivity index (χ2v) is 29.6. The summed E-state index contributed by atoms with van der Waals surface area (Å²) in [5.74, 6) is 0. The highest BCUT2D eigenvalue weighted by Crippen LogP contribution is 2.56. The van der Waals surface area contributed by atoms with E-state index in [0.29, 0.717) is 28.4 Å². The Hall–Kier alpha value is -12.4. The van der Waals surface area contributed by atoms with Gasteiger partial charge in [-0.15, -0.1) is 0 Å². The van der Waals surface area contributed by atoms with E-state index < -0.39 is 0 Å². The van der Waals surface area contributed by atoms with Crippen LogP contribution in [0.4, 0.5) is 114 Å². The quantitative estimate of drug-likeness (QED) is 0.156. The van der Waals surface area contributed by atoms with Gasteiger partial charge in [0.05, 0.1) is 89.7 Å². The van der Waals surface area contributed by atoms with Crippen molar-refractivity contribution in [3.05, 3.63) is 293 Å². The summed E-state index contributed by atoms with van der Waals surface area (Å²) in [4.78, 5) is 41.3. The third-order valence-corrected chi connectivity index (χ3v) is 22.6. The predicted octanol–water partition coefficient (Wildman–Crippen LogP) is 24.9. The topological polar surface area (TPSA) is 54.2 Å². The molecule has 5 heterocycles. The summed E-state index contributed by atoms with van der Waals surface area (Å²) in [7, 11) is 10.4. The van der Waals surface area contributed by atoms with Gasteiger partial charge in [0, 0.05) is 63.7 Å². The van der Waals surface area contributed by atoms with Crippen LogP contribution in [0.2, 0.25) is 0 Å². The molecule has 0 saturated carbocycles. The minimum Gasteiger partial charge on any atom is -0.354 e. The van der Waals surface area contributed by atoms with Crippen molar-refractivity contribution in [2.24, 2.45) is 0 Å². The molecule has 10 aromatic carbocycles. The summed E-state index contributed by atoms with van der Waals surface area (Å²) in [6.45, 7) is 76.2. The fourth-order valence-electron chi connectivity index (χ4n) is 16.4. The number of fused-ring (bicyclic) bond motifs is 5. The lowest BCUT2D eigenvalue weighted by Gasteiger charge is -2.31. The molecule has 0 fully saturated rings. The van der Waals surface area contributed by atoms with Gasteiger partial charge >= 0.3 is 0 Å². The first-order valence-electron chi connectivity index (χ1n) is 37.0. The predicted molar refractivity (Wildman–Crippen MR) is 457 cm³/mol. The number of hydrogen-bond donors (Lipinski definition) is 0.